The van der Waals surface area contributed by atoms with E-state index in [0.29, 0.717) is 16.7 Å². The lowest BCUT2D eigenvalue weighted by molar-refractivity contribution is -0.154. The molecule has 10 heteroatoms. The van der Waals surface area contributed by atoms with E-state index in [9.17, 15) is 26.0 Å². The quantitative estimate of drug-likeness (QED) is 0.509. The first-order chi connectivity index (χ1) is 12.9. The fraction of sp³-hybridized carbons (Fsp3) is 0.167. The Kier molecular flexibility index (Phi) is 5.01. The molecule has 148 valence electrons. The van der Waals surface area contributed by atoms with Crippen LogP contribution in [-0.4, -0.2) is 19.8 Å². The van der Waals surface area contributed by atoms with Gasteiger partial charge in [0.1, 0.15) is 16.4 Å². The molecule has 2 aromatic carbocycles. The lowest BCUT2D eigenvalue weighted by Gasteiger charge is -2.09. The molecule has 4 nitrogen and oxygen atoms in total. The summed E-state index contributed by atoms with van der Waals surface area (Å²) >= 11 is 6.05. The number of hydrogen-bond acceptors (Lipinski definition) is 4. The van der Waals surface area contributed by atoms with Crippen molar-refractivity contribution >= 4 is 21.4 Å². The van der Waals surface area contributed by atoms with Gasteiger partial charge in [-0.05, 0) is 36.2 Å². The maximum Gasteiger partial charge on any atom is 0.453 e. The molecule has 1 aromatic heterocycles. The molecule has 0 spiro atoms. The molecule has 0 atom stereocenters. The van der Waals surface area contributed by atoms with Crippen LogP contribution in [0, 0.1) is 12.7 Å². The van der Waals surface area contributed by atoms with Crippen molar-refractivity contribution in [1.29, 1.82) is 0 Å². The van der Waals surface area contributed by atoms with Crippen LogP contribution in [0.4, 0.5) is 17.6 Å². The van der Waals surface area contributed by atoms with Gasteiger partial charge in [0, 0.05) is 16.8 Å². The van der Waals surface area contributed by atoms with Crippen molar-refractivity contribution in [2.75, 3.05) is 6.26 Å². The molecule has 3 aromatic rings. The largest absolute Gasteiger partial charge is 0.453 e. The minimum atomic E-state index is -4.90. The minimum Gasteiger partial charge on any atom is -0.350 e. The molecule has 0 aliphatic rings. The van der Waals surface area contributed by atoms with Crippen LogP contribution in [0.5, 0.6) is 0 Å². The Morgan fingerprint density at radius 2 is 1.71 bits per heavy atom. The Hall–Kier alpha value is -2.39. The number of sulfone groups is 1. The van der Waals surface area contributed by atoms with Crippen molar-refractivity contribution in [3.63, 3.8) is 0 Å². The van der Waals surface area contributed by atoms with E-state index in [-0.39, 0.29) is 16.8 Å². The summed E-state index contributed by atoms with van der Waals surface area (Å²) in [6.07, 6.45) is -4.10. The van der Waals surface area contributed by atoms with Gasteiger partial charge in [0.05, 0.1) is 5.56 Å². The number of nitrogens with zero attached hydrogens (tertiary/aromatic N) is 1. The molecule has 0 N–H and O–H groups in total. The van der Waals surface area contributed by atoms with Gasteiger partial charge < -0.3 is 4.52 Å². The second kappa shape index (κ2) is 6.89. The Morgan fingerprint density at radius 3 is 2.25 bits per heavy atom. The summed E-state index contributed by atoms with van der Waals surface area (Å²) in [5.74, 6) is -2.60. The number of aryl methyl sites for hydroxylation is 1. The van der Waals surface area contributed by atoms with Crippen molar-refractivity contribution in [1.82, 2.24) is 5.16 Å². The lowest BCUT2D eigenvalue weighted by atomic mass is 9.98. The van der Waals surface area contributed by atoms with E-state index >= 15 is 0 Å². The molecule has 0 saturated carbocycles. The minimum absolute atomic E-state index is 0.194. The summed E-state index contributed by atoms with van der Waals surface area (Å²) in [6, 6.07) is 7.19. The molecule has 0 aliphatic heterocycles. The fourth-order valence-corrected chi connectivity index (χ4v) is 3.55. The van der Waals surface area contributed by atoms with Crippen LogP contribution in [0.25, 0.3) is 22.4 Å². The van der Waals surface area contributed by atoms with Crippen LogP contribution in [-0.2, 0) is 16.0 Å². The van der Waals surface area contributed by atoms with E-state index in [1.807, 2.05) is 0 Å². The van der Waals surface area contributed by atoms with E-state index in [1.54, 1.807) is 13.0 Å². The normalized spacial score (nSPS) is 12.4. The van der Waals surface area contributed by atoms with Gasteiger partial charge in [-0.1, -0.05) is 35.0 Å². The molecule has 0 radical (unpaired) electrons. The molecule has 0 saturated heterocycles. The van der Waals surface area contributed by atoms with Crippen LogP contribution < -0.4 is 0 Å². The predicted octanol–water partition coefficient (Wildman–Crippen LogP) is 5.53. The molecule has 3 rings (SSSR count). The zero-order chi connectivity index (χ0) is 20.9. The number of halogens is 5. The fourth-order valence-electron chi connectivity index (χ4n) is 2.65. The first-order valence-electron chi connectivity index (χ1n) is 7.73. The van der Waals surface area contributed by atoms with Gasteiger partial charge in [-0.15, -0.1) is 0 Å². The van der Waals surface area contributed by atoms with Gasteiger partial charge in [0.2, 0.25) is 5.76 Å². The van der Waals surface area contributed by atoms with Crippen molar-refractivity contribution in [3.8, 4) is 22.4 Å². The summed E-state index contributed by atoms with van der Waals surface area (Å²) in [5, 5.41) is 3.81. The van der Waals surface area contributed by atoms with Crippen molar-refractivity contribution in [3.05, 3.63) is 58.6 Å². The highest BCUT2D eigenvalue weighted by Gasteiger charge is 2.41. The highest BCUT2D eigenvalue weighted by Crippen LogP contribution is 2.43. The highest BCUT2D eigenvalue weighted by atomic mass is 35.5. The first kappa shape index (κ1) is 20.3. The third-order valence-electron chi connectivity index (χ3n) is 4.01. The number of hydrogen-bond donors (Lipinski definition) is 0. The molecule has 28 heavy (non-hydrogen) atoms. The number of alkyl halides is 3. The predicted molar refractivity (Wildman–Crippen MR) is 95.2 cm³/mol. The Bertz CT molecular complexity index is 1170. The Balaban J connectivity index is 2.28. The second-order valence-electron chi connectivity index (χ2n) is 6.11. The SMILES string of the molecule is Cc1ccc(-c2noc(C(F)(F)F)c2-c2ccc(S(C)(=O)=O)c(F)c2)cc1Cl. The van der Waals surface area contributed by atoms with E-state index < -0.39 is 38.0 Å². The van der Waals surface area contributed by atoms with E-state index in [0.717, 1.165) is 18.4 Å². The summed E-state index contributed by atoms with van der Waals surface area (Å²) in [6.45, 7) is 1.72. The van der Waals surface area contributed by atoms with Crippen molar-refractivity contribution < 1.29 is 30.5 Å². The topological polar surface area (TPSA) is 60.2 Å². The van der Waals surface area contributed by atoms with Crippen LogP contribution in [0.15, 0.2) is 45.8 Å². The van der Waals surface area contributed by atoms with Gasteiger partial charge in [-0.2, -0.15) is 13.2 Å². The van der Waals surface area contributed by atoms with Crippen molar-refractivity contribution in [2.24, 2.45) is 0 Å². The Labute approximate surface area is 162 Å². The molecular weight excluding hydrogens is 422 g/mol. The Morgan fingerprint density at radius 1 is 1.07 bits per heavy atom. The smallest absolute Gasteiger partial charge is 0.350 e. The second-order valence-corrected chi connectivity index (χ2v) is 8.51. The standard InChI is InChI=1S/C18H12ClF4NO3S/c1-9-3-4-11(7-12(9)19)16-15(17(27-24-16)18(21,22)23)10-5-6-14(13(20)8-10)28(2,25)26/h3-8H,1-2H3. The zero-order valence-electron chi connectivity index (χ0n) is 14.4. The average Bonchev–Trinajstić information content (AvgIpc) is 3.01. The van der Waals surface area contributed by atoms with Gasteiger partial charge >= 0.3 is 6.18 Å². The van der Waals surface area contributed by atoms with Crippen LogP contribution in [0.1, 0.15) is 11.3 Å². The third kappa shape index (κ3) is 3.77. The number of aromatic nitrogens is 1. The van der Waals surface area contributed by atoms with Gasteiger partial charge in [0.15, 0.2) is 9.84 Å². The summed E-state index contributed by atoms with van der Waals surface area (Å²) in [4.78, 5) is -0.624. The first-order valence-corrected chi connectivity index (χ1v) is 10.00. The van der Waals surface area contributed by atoms with Gasteiger partial charge in [-0.25, -0.2) is 12.8 Å². The molecule has 0 aliphatic carbocycles. The zero-order valence-corrected chi connectivity index (χ0v) is 16.0. The highest BCUT2D eigenvalue weighted by molar-refractivity contribution is 7.90. The van der Waals surface area contributed by atoms with E-state index in [4.69, 9.17) is 11.6 Å². The van der Waals surface area contributed by atoms with E-state index in [1.165, 1.54) is 12.1 Å². The maximum atomic E-state index is 14.3. The third-order valence-corrected chi connectivity index (χ3v) is 5.55. The summed E-state index contributed by atoms with van der Waals surface area (Å²) in [5.41, 5.74) is 0.00442. The molecule has 1 heterocycles. The number of benzene rings is 2. The maximum absolute atomic E-state index is 14.3. The van der Waals surface area contributed by atoms with Gasteiger partial charge in [0.25, 0.3) is 0 Å². The average molecular weight is 434 g/mol. The summed E-state index contributed by atoms with van der Waals surface area (Å²) in [7, 11) is -3.88. The van der Waals surface area contributed by atoms with Crippen LogP contribution in [0.2, 0.25) is 5.02 Å². The number of rotatable bonds is 3. The molecular formula is C18H12ClF4NO3S. The monoisotopic (exact) mass is 433 g/mol. The lowest BCUT2D eigenvalue weighted by Crippen LogP contribution is -2.06. The van der Waals surface area contributed by atoms with Crippen molar-refractivity contribution in [2.45, 2.75) is 18.0 Å². The van der Waals surface area contributed by atoms with Crippen LogP contribution >= 0.6 is 11.6 Å². The molecule has 0 fully saturated rings. The van der Waals surface area contributed by atoms with E-state index in [2.05, 4.69) is 9.68 Å². The molecule has 0 unspecified atom stereocenters. The van der Waals surface area contributed by atoms with Gasteiger partial charge in [-0.3, -0.25) is 0 Å². The molecule has 0 amide bonds. The van der Waals surface area contributed by atoms with Crippen LogP contribution in [0.3, 0.4) is 0 Å². The summed E-state index contributed by atoms with van der Waals surface area (Å²) < 4.78 is 82.2. The molecule has 0 bridgehead atoms.